The molecule has 0 fully saturated rings. The maximum absolute atomic E-state index is 12.4. The van der Waals surface area contributed by atoms with Crippen LogP contribution in [0.4, 0.5) is 0 Å². The molecular weight excluding hydrogens is 302 g/mol. The molecule has 0 spiro atoms. The van der Waals surface area contributed by atoms with Crippen molar-refractivity contribution < 1.29 is 8.42 Å². The molecule has 116 valence electrons. The van der Waals surface area contributed by atoms with Gasteiger partial charge in [-0.1, -0.05) is 41.0 Å². The minimum atomic E-state index is -3.67. The first-order valence-corrected chi connectivity index (χ1v) is 8.41. The van der Waals surface area contributed by atoms with Crippen molar-refractivity contribution in [3.8, 4) is 0 Å². The molecule has 0 unspecified atom stereocenters. The van der Waals surface area contributed by atoms with E-state index in [9.17, 15) is 8.42 Å². The van der Waals surface area contributed by atoms with Crippen molar-refractivity contribution in [3.63, 3.8) is 0 Å². The van der Waals surface area contributed by atoms with Gasteiger partial charge in [-0.15, -0.1) is 5.10 Å². The van der Waals surface area contributed by atoms with E-state index in [-0.39, 0.29) is 5.16 Å². The van der Waals surface area contributed by atoms with E-state index >= 15 is 0 Å². The van der Waals surface area contributed by atoms with Gasteiger partial charge in [-0.05, 0) is 29.7 Å². The predicted molar refractivity (Wildman–Crippen MR) is 81.3 cm³/mol. The molecule has 8 heteroatoms. The second-order valence-electron chi connectivity index (χ2n) is 5.27. The molecule has 0 bridgehead atoms. The van der Waals surface area contributed by atoms with Crippen LogP contribution in [-0.4, -0.2) is 46.0 Å². The zero-order valence-corrected chi connectivity index (χ0v) is 13.3. The van der Waals surface area contributed by atoms with Crippen LogP contribution < -0.4 is 0 Å². The van der Waals surface area contributed by atoms with Gasteiger partial charge >= 0.3 is 5.16 Å². The Kier molecular flexibility index (Phi) is 3.79. The molecule has 0 atom stereocenters. The molecule has 0 saturated carbocycles. The Balaban J connectivity index is 1.81. The van der Waals surface area contributed by atoms with Gasteiger partial charge in [0.2, 0.25) is 0 Å². The van der Waals surface area contributed by atoms with Gasteiger partial charge in [0.15, 0.2) is 0 Å². The Morgan fingerprint density at radius 1 is 1.27 bits per heavy atom. The molecule has 3 rings (SSSR count). The first kappa shape index (κ1) is 14.9. The van der Waals surface area contributed by atoms with Crippen molar-refractivity contribution in [1.82, 2.24) is 24.5 Å². The first-order valence-electron chi connectivity index (χ1n) is 6.97. The largest absolute Gasteiger partial charge is 0.303 e. The molecule has 0 N–H and O–H groups in total. The lowest BCUT2D eigenvalue weighted by Crippen LogP contribution is -2.35. The summed E-state index contributed by atoms with van der Waals surface area (Å²) in [6.45, 7) is 2.79. The third-order valence-corrected chi connectivity index (χ3v) is 5.26. The smallest absolute Gasteiger partial charge is 0.203 e. The van der Waals surface area contributed by atoms with Crippen molar-refractivity contribution in [2.45, 2.75) is 18.5 Å². The molecule has 0 amide bonds. The Morgan fingerprint density at radius 2 is 2.09 bits per heavy atom. The standard InChI is InChI=1S/C14H17N5O2S/c1-11-4-3-5-13(10-11)12-6-8-19(9-7-12)22(20,21)14-15-17-18(2)16-14/h3-6,10H,7-9H2,1-2H3. The van der Waals surface area contributed by atoms with Gasteiger partial charge in [0.05, 0.1) is 7.05 Å². The summed E-state index contributed by atoms with van der Waals surface area (Å²) in [6, 6.07) is 8.22. The predicted octanol–water partition coefficient (Wildman–Crippen LogP) is 0.997. The number of rotatable bonds is 3. The van der Waals surface area contributed by atoms with Crippen LogP contribution in [-0.2, 0) is 17.1 Å². The molecule has 1 aromatic heterocycles. The Bertz CT molecular complexity index is 825. The highest BCUT2D eigenvalue weighted by Crippen LogP contribution is 2.25. The van der Waals surface area contributed by atoms with Crippen LogP contribution in [0.25, 0.3) is 5.57 Å². The molecule has 0 radical (unpaired) electrons. The van der Waals surface area contributed by atoms with Crippen LogP contribution >= 0.6 is 0 Å². The Labute approximate surface area is 129 Å². The number of aryl methyl sites for hydroxylation is 2. The zero-order valence-electron chi connectivity index (χ0n) is 12.5. The topological polar surface area (TPSA) is 81.0 Å². The minimum absolute atomic E-state index is 0.248. The van der Waals surface area contributed by atoms with Gasteiger partial charge in [0.1, 0.15) is 0 Å². The number of nitrogens with zero attached hydrogens (tertiary/aromatic N) is 5. The van der Waals surface area contributed by atoms with E-state index < -0.39 is 10.0 Å². The zero-order chi connectivity index (χ0) is 15.7. The Hall–Kier alpha value is -2.06. The van der Waals surface area contributed by atoms with Crippen molar-refractivity contribution in [2.24, 2.45) is 7.05 Å². The molecule has 0 saturated heterocycles. The van der Waals surface area contributed by atoms with Gasteiger partial charge in [-0.3, -0.25) is 0 Å². The molecule has 22 heavy (non-hydrogen) atoms. The first-order chi connectivity index (χ1) is 10.5. The van der Waals surface area contributed by atoms with Crippen LogP contribution in [0.15, 0.2) is 35.5 Å². The monoisotopic (exact) mass is 319 g/mol. The van der Waals surface area contributed by atoms with Gasteiger partial charge in [-0.25, -0.2) is 8.42 Å². The molecule has 1 aromatic carbocycles. The molecule has 0 aliphatic carbocycles. The van der Waals surface area contributed by atoms with Gasteiger partial charge in [0, 0.05) is 13.1 Å². The summed E-state index contributed by atoms with van der Waals surface area (Å²) >= 11 is 0. The van der Waals surface area contributed by atoms with E-state index in [2.05, 4.69) is 21.5 Å². The summed E-state index contributed by atoms with van der Waals surface area (Å²) in [5, 5.41) is 10.7. The number of hydrogen-bond acceptors (Lipinski definition) is 5. The lowest BCUT2D eigenvalue weighted by molar-refractivity contribution is 0.435. The molecule has 7 nitrogen and oxygen atoms in total. The second-order valence-corrected chi connectivity index (χ2v) is 7.11. The maximum Gasteiger partial charge on any atom is 0.303 e. The Morgan fingerprint density at radius 3 is 2.68 bits per heavy atom. The van der Waals surface area contributed by atoms with Crippen LogP contribution in [0.3, 0.4) is 0 Å². The molecule has 2 aromatic rings. The number of hydrogen-bond donors (Lipinski definition) is 0. The van der Waals surface area contributed by atoms with E-state index in [1.807, 2.05) is 31.2 Å². The van der Waals surface area contributed by atoms with Crippen molar-refractivity contribution in [3.05, 3.63) is 41.5 Å². The lowest BCUT2D eigenvalue weighted by atomic mass is 9.99. The number of sulfonamides is 1. The van der Waals surface area contributed by atoms with Crippen LogP contribution in [0, 0.1) is 6.92 Å². The molecular formula is C14H17N5O2S. The normalized spacial score (nSPS) is 16.5. The van der Waals surface area contributed by atoms with Crippen LogP contribution in [0.5, 0.6) is 0 Å². The van der Waals surface area contributed by atoms with Gasteiger partial charge in [-0.2, -0.15) is 9.10 Å². The lowest BCUT2D eigenvalue weighted by Gasteiger charge is -2.24. The van der Waals surface area contributed by atoms with E-state index in [0.29, 0.717) is 19.5 Å². The molecule has 1 aliphatic rings. The van der Waals surface area contributed by atoms with Gasteiger partial charge < -0.3 is 0 Å². The SMILES string of the molecule is Cc1cccc(C2=CCN(S(=O)(=O)c3nnn(C)n3)CC2)c1. The summed E-state index contributed by atoms with van der Waals surface area (Å²) in [4.78, 5) is 1.14. The van der Waals surface area contributed by atoms with Crippen molar-refractivity contribution in [1.29, 1.82) is 0 Å². The highest BCUT2D eigenvalue weighted by molar-refractivity contribution is 7.88. The summed E-state index contributed by atoms with van der Waals surface area (Å²) in [7, 11) is -2.13. The highest BCUT2D eigenvalue weighted by atomic mass is 32.2. The van der Waals surface area contributed by atoms with E-state index in [1.165, 1.54) is 22.5 Å². The fourth-order valence-corrected chi connectivity index (χ4v) is 3.66. The van der Waals surface area contributed by atoms with Crippen molar-refractivity contribution >= 4 is 15.6 Å². The number of benzene rings is 1. The average molecular weight is 319 g/mol. The summed E-state index contributed by atoms with van der Waals surface area (Å²) in [5.74, 6) is 0. The van der Waals surface area contributed by atoms with Crippen molar-refractivity contribution in [2.75, 3.05) is 13.1 Å². The molecule has 2 heterocycles. The van der Waals surface area contributed by atoms with E-state index in [0.717, 1.165) is 10.4 Å². The van der Waals surface area contributed by atoms with Crippen LogP contribution in [0.1, 0.15) is 17.5 Å². The third kappa shape index (κ3) is 2.79. The quantitative estimate of drug-likeness (QED) is 0.843. The van der Waals surface area contributed by atoms with Crippen LogP contribution in [0.2, 0.25) is 0 Å². The third-order valence-electron chi connectivity index (χ3n) is 3.62. The average Bonchev–Trinajstić information content (AvgIpc) is 2.95. The highest BCUT2D eigenvalue weighted by Gasteiger charge is 2.30. The maximum atomic E-state index is 12.4. The summed E-state index contributed by atoms with van der Waals surface area (Å²) in [6.07, 6.45) is 2.62. The van der Waals surface area contributed by atoms with E-state index in [4.69, 9.17) is 0 Å². The van der Waals surface area contributed by atoms with E-state index in [1.54, 1.807) is 0 Å². The summed E-state index contributed by atoms with van der Waals surface area (Å²) < 4.78 is 26.2. The summed E-state index contributed by atoms with van der Waals surface area (Å²) in [5.41, 5.74) is 3.51. The second kappa shape index (κ2) is 5.62. The fraction of sp³-hybridized carbons (Fsp3) is 0.357. The molecule has 1 aliphatic heterocycles. The number of tetrazole rings is 1. The number of aromatic nitrogens is 4. The fourth-order valence-electron chi connectivity index (χ4n) is 2.46. The minimum Gasteiger partial charge on any atom is -0.203 e. The van der Waals surface area contributed by atoms with Gasteiger partial charge in [0.25, 0.3) is 10.0 Å².